The van der Waals surface area contributed by atoms with Gasteiger partial charge in [-0.3, -0.25) is 0 Å². The summed E-state index contributed by atoms with van der Waals surface area (Å²) in [6.45, 7) is 1.98. The third-order valence-corrected chi connectivity index (χ3v) is 4.71. The van der Waals surface area contributed by atoms with E-state index in [0.29, 0.717) is 0 Å². The van der Waals surface area contributed by atoms with Crippen molar-refractivity contribution in [1.82, 2.24) is 15.0 Å². The van der Waals surface area contributed by atoms with E-state index in [2.05, 4.69) is 31.7 Å². The van der Waals surface area contributed by atoms with Crippen LogP contribution in [0.4, 0.5) is 11.9 Å². The van der Waals surface area contributed by atoms with Gasteiger partial charge >= 0.3 is 0 Å². The molecule has 2 fully saturated rings. The van der Waals surface area contributed by atoms with Crippen LogP contribution in [0.3, 0.4) is 0 Å². The fourth-order valence-electron chi connectivity index (χ4n) is 2.83. The third kappa shape index (κ3) is 3.76. The SMILES string of the molecule is C1=C(c2nc(NCC3CC3)nc(NCC3CC3)n2)CCCC1. The maximum atomic E-state index is 4.66. The Kier molecular flexibility index (Phi) is 3.95. The molecule has 0 aromatic carbocycles. The lowest BCUT2D eigenvalue weighted by molar-refractivity contribution is 0.735. The summed E-state index contributed by atoms with van der Waals surface area (Å²) in [5, 5.41) is 6.80. The zero-order valence-electron chi connectivity index (χ0n) is 13.1. The van der Waals surface area contributed by atoms with E-state index in [0.717, 1.165) is 55.5 Å². The first kappa shape index (κ1) is 14.0. The molecule has 1 aromatic rings. The van der Waals surface area contributed by atoms with E-state index in [-0.39, 0.29) is 0 Å². The van der Waals surface area contributed by atoms with Crippen LogP contribution in [0.5, 0.6) is 0 Å². The lowest BCUT2D eigenvalue weighted by Gasteiger charge is -2.14. The van der Waals surface area contributed by atoms with E-state index in [1.807, 2.05) is 0 Å². The van der Waals surface area contributed by atoms with Crippen LogP contribution >= 0.6 is 0 Å². The van der Waals surface area contributed by atoms with E-state index in [9.17, 15) is 0 Å². The molecule has 0 amide bonds. The van der Waals surface area contributed by atoms with Crippen LogP contribution in [0.2, 0.25) is 0 Å². The molecule has 22 heavy (non-hydrogen) atoms. The highest BCUT2D eigenvalue weighted by molar-refractivity contribution is 5.62. The molecular formula is C17H25N5. The number of hydrogen-bond acceptors (Lipinski definition) is 5. The Balaban J connectivity index is 1.52. The van der Waals surface area contributed by atoms with Gasteiger partial charge in [0, 0.05) is 13.1 Å². The standard InChI is InChI=1S/C17H25N5/c1-2-4-14(5-3-1)15-20-16(18-10-12-6-7-12)22-17(21-15)19-11-13-8-9-13/h4,12-13H,1-3,5-11H2,(H2,18,19,20,21,22). The molecule has 118 valence electrons. The maximum absolute atomic E-state index is 4.66. The van der Waals surface area contributed by atoms with Gasteiger partial charge in [0.1, 0.15) is 0 Å². The first-order valence-corrected chi connectivity index (χ1v) is 8.80. The second kappa shape index (κ2) is 6.23. The predicted molar refractivity (Wildman–Crippen MR) is 88.7 cm³/mol. The van der Waals surface area contributed by atoms with Crippen molar-refractivity contribution in [3.63, 3.8) is 0 Å². The van der Waals surface area contributed by atoms with E-state index >= 15 is 0 Å². The van der Waals surface area contributed by atoms with Crippen molar-refractivity contribution < 1.29 is 0 Å². The van der Waals surface area contributed by atoms with Crippen LogP contribution < -0.4 is 10.6 Å². The number of allylic oxidation sites excluding steroid dienone is 2. The molecule has 0 spiro atoms. The Labute approximate surface area is 132 Å². The Morgan fingerprint density at radius 2 is 1.50 bits per heavy atom. The topological polar surface area (TPSA) is 62.7 Å². The molecule has 0 bridgehead atoms. The van der Waals surface area contributed by atoms with Crippen molar-refractivity contribution in [2.45, 2.75) is 51.4 Å². The normalized spacial score (nSPS) is 21.4. The minimum atomic E-state index is 0.738. The molecule has 5 heteroatoms. The largest absolute Gasteiger partial charge is 0.354 e. The Hall–Kier alpha value is -1.65. The van der Waals surface area contributed by atoms with Crippen molar-refractivity contribution in [2.24, 2.45) is 11.8 Å². The van der Waals surface area contributed by atoms with Crippen LogP contribution in [-0.4, -0.2) is 28.0 Å². The van der Waals surface area contributed by atoms with Gasteiger partial charge in [0.25, 0.3) is 0 Å². The first-order valence-electron chi connectivity index (χ1n) is 8.80. The molecule has 3 aliphatic carbocycles. The van der Waals surface area contributed by atoms with Gasteiger partial charge in [0.05, 0.1) is 0 Å². The highest BCUT2D eigenvalue weighted by atomic mass is 15.2. The fraction of sp³-hybridized carbons (Fsp3) is 0.706. The van der Waals surface area contributed by atoms with E-state index in [1.165, 1.54) is 44.1 Å². The summed E-state index contributed by atoms with van der Waals surface area (Å²) in [6, 6.07) is 0. The van der Waals surface area contributed by atoms with Crippen LogP contribution in [-0.2, 0) is 0 Å². The summed E-state index contributed by atoms with van der Waals surface area (Å²) in [5.74, 6) is 3.98. The van der Waals surface area contributed by atoms with Gasteiger partial charge in [-0.15, -0.1) is 0 Å². The third-order valence-electron chi connectivity index (χ3n) is 4.71. The molecule has 4 rings (SSSR count). The lowest BCUT2D eigenvalue weighted by Crippen LogP contribution is -2.14. The van der Waals surface area contributed by atoms with Gasteiger partial charge in [0.2, 0.25) is 11.9 Å². The van der Waals surface area contributed by atoms with Crippen LogP contribution in [0.1, 0.15) is 57.2 Å². The monoisotopic (exact) mass is 299 g/mol. The molecule has 3 aliphatic rings. The fourth-order valence-corrected chi connectivity index (χ4v) is 2.83. The number of aromatic nitrogens is 3. The average Bonchev–Trinajstić information content (AvgIpc) is 3.47. The van der Waals surface area contributed by atoms with Crippen molar-refractivity contribution in [2.75, 3.05) is 23.7 Å². The van der Waals surface area contributed by atoms with E-state index in [4.69, 9.17) is 0 Å². The molecule has 1 heterocycles. The van der Waals surface area contributed by atoms with E-state index in [1.54, 1.807) is 0 Å². The van der Waals surface area contributed by atoms with Gasteiger partial charge in [-0.2, -0.15) is 15.0 Å². The second-order valence-electron chi connectivity index (χ2n) is 6.93. The molecule has 0 aliphatic heterocycles. The molecule has 0 saturated heterocycles. The summed E-state index contributed by atoms with van der Waals surface area (Å²) in [4.78, 5) is 13.9. The minimum absolute atomic E-state index is 0.738. The van der Waals surface area contributed by atoms with Crippen LogP contribution in [0.15, 0.2) is 6.08 Å². The van der Waals surface area contributed by atoms with Crippen LogP contribution in [0.25, 0.3) is 5.57 Å². The number of hydrogen-bond donors (Lipinski definition) is 2. The van der Waals surface area contributed by atoms with Gasteiger partial charge in [-0.1, -0.05) is 6.08 Å². The lowest BCUT2D eigenvalue weighted by atomic mass is 9.99. The minimum Gasteiger partial charge on any atom is -0.354 e. The van der Waals surface area contributed by atoms with Gasteiger partial charge < -0.3 is 10.6 Å². The van der Waals surface area contributed by atoms with Crippen molar-refractivity contribution in [3.05, 3.63) is 11.9 Å². The second-order valence-corrected chi connectivity index (χ2v) is 6.93. The van der Waals surface area contributed by atoms with Crippen molar-refractivity contribution in [3.8, 4) is 0 Å². The molecule has 0 radical (unpaired) electrons. The average molecular weight is 299 g/mol. The number of anilines is 2. The predicted octanol–water partition coefficient (Wildman–Crippen LogP) is 3.47. The summed E-state index contributed by atoms with van der Waals surface area (Å²) < 4.78 is 0. The zero-order chi connectivity index (χ0) is 14.8. The first-order chi connectivity index (χ1) is 10.9. The molecule has 2 N–H and O–H groups in total. The summed E-state index contributed by atoms with van der Waals surface area (Å²) in [7, 11) is 0. The van der Waals surface area contributed by atoms with Gasteiger partial charge in [0.15, 0.2) is 5.82 Å². The Morgan fingerprint density at radius 1 is 0.864 bits per heavy atom. The number of rotatable bonds is 7. The van der Waals surface area contributed by atoms with Gasteiger partial charge in [-0.25, -0.2) is 0 Å². The quantitative estimate of drug-likeness (QED) is 0.807. The smallest absolute Gasteiger partial charge is 0.228 e. The summed E-state index contributed by atoms with van der Waals surface area (Å²) in [6.07, 6.45) is 12.4. The van der Waals surface area contributed by atoms with Crippen molar-refractivity contribution >= 4 is 17.5 Å². The van der Waals surface area contributed by atoms with Gasteiger partial charge in [-0.05, 0) is 68.8 Å². The molecule has 0 unspecified atom stereocenters. The highest BCUT2D eigenvalue weighted by Gasteiger charge is 2.23. The Bertz CT molecular complexity index is 526. The number of nitrogens with zero attached hydrogens (tertiary/aromatic N) is 3. The van der Waals surface area contributed by atoms with Crippen molar-refractivity contribution in [1.29, 1.82) is 0 Å². The molecular weight excluding hydrogens is 274 g/mol. The molecule has 5 nitrogen and oxygen atoms in total. The summed E-state index contributed by atoms with van der Waals surface area (Å²) in [5.41, 5.74) is 1.29. The zero-order valence-corrected chi connectivity index (χ0v) is 13.1. The Morgan fingerprint density at radius 3 is 2.00 bits per heavy atom. The van der Waals surface area contributed by atoms with E-state index < -0.39 is 0 Å². The summed E-state index contributed by atoms with van der Waals surface area (Å²) >= 11 is 0. The highest BCUT2D eigenvalue weighted by Crippen LogP contribution is 2.30. The molecule has 2 saturated carbocycles. The molecule has 0 atom stereocenters. The molecule has 1 aromatic heterocycles. The maximum Gasteiger partial charge on any atom is 0.228 e. The van der Waals surface area contributed by atoms with Crippen LogP contribution in [0, 0.1) is 11.8 Å². The number of nitrogens with one attached hydrogen (secondary N) is 2.